The number of phenolic OH excluding ortho intramolecular Hbond substituents is 1. The number of hydrogen-bond donors (Lipinski definition) is 1. The van der Waals surface area contributed by atoms with Crippen LogP contribution in [-0.2, 0) is 9.53 Å². The molecule has 1 aliphatic heterocycles. The van der Waals surface area contributed by atoms with Crippen molar-refractivity contribution in [3.63, 3.8) is 0 Å². The summed E-state index contributed by atoms with van der Waals surface area (Å²) in [7, 11) is 3.06. The van der Waals surface area contributed by atoms with Crippen molar-refractivity contribution < 1.29 is 19.4 Å². The van der Waals surface area contributed by atoms with Gasteiger partial charge in [-0.3, -0.25) is 9.69 Å². The molecule has 0 saturated carbocycles. The smallest absolute Gasteiger partial charge is 0.266 e. The molecule has 0 aromatic heterocycles. The van der Waals surface area contributed by atoms with E-state index in [2.05, 4.69) is 36.9 Å². The highest BCUT2D eigenvalue weighted by atomic mass is 79.9. The van der Waals surface area contributed by atoms with E-state index in [1.54, 1.807) is 24.2 Å². The summed E-state index contributed by atoms with van der Waals surface area (Å²) in [4.78, 5) is 19.8. The van der Waals surface area contributed by atoms with E-state index in [0.29, 0.717) is 43.5 Å². The van der Waals surface area contributed by atoms with Gasteiger partial charge in [0.05, 0.1) is 35.3 Å². The Bertz CT molecular complexity index is 980. The zero-order valence-corrected chi connectivity index (χ0v) is 19.7. The maximum absolute atomic E-state index is 13.0. The summed E-state index contributed by atoms with van der Waals surface area (Å²) in [5.41, 5.74) is 1.46. The highest BCUT2D eigenvalue weighted by Crippen LogP contribution is 2.43. The number of hydrogen-bond acceptors (Lipinski definition) is 6. The number of amidine groups is 1. The Kier molecular flexibility index (Phi) is 7.39. The van der Waals surface area contributed by atoms with Crippen molar-refractivity contribution in [1.29, 1.82) is 0 Å². The highest BCUT2D eigenvalue weighted by Gasteiger charge is 2.33. The molecule has 2 aromatic carbocycles. The first-order valence-corrected chi connectivity index (χ1v) is 11.0. The number of thioether (sulfide) groups is 1. The van der Waals surface area contributed by atoms with E-state index < -0.39 is 0 Å². The number of rotatable bonds is 6. The van der Waals surface area contributed by atoms with Crippen LogP contribution in [0.3, 0.4) is 0 Å². The minimum atomic E-state index is -0.156. The fourth-order valence-electron chi connectivity index (χ4n) is 2.60. The predicted octanol–water partition coefficient (Wildman–Crippen LogP) is 5.18. The van der Waals surface area contributed by atoms with Crippen LogP contribution >= 0.6 is 43.6 Å². The largest absolute Gasteiger partial charge is 0.503 e. The number of para-hydroxylation sites is 1. The number of carbonyl (C=O) groups is 1. The summed E-state index contributed by atoms with van der Waals surface area (Å²) in [6.07, 6.45) is 1.75. The van der Waals surface area contributed by atoms with Crippen molar-refractivity contribution in [3.8, 4) is 11.5 Å². The minimum absolute atomic E-state index is 0.0139. The van der Waals surface area contributed by atoms with Crippen LogP contribution in [0, 0.1) is 0 Å². The van der Waals surface area contributed by atoms with E-state index in [4.69, 9.17) is 9.47 Å². The van der Waals surface area contributed by atoms with Gasteiger partial charge in [-0.25, -0.2) is 4.99 Å². The van der Waals surface area contributed by atoms with Gasteiger partial charge in [-0.1, -0.05) is 18.2 Å². The van der Waals surface area contributed by atoms with Crippen molar-refractivity contribution in [3.05, 3.63) is 55.8 Å². The number of ether oxygens (including phenoxy) is 2. The molecule has 1 amide bonds. The van der Waals surface area contributed by atoms with Gasteiger partial charge < -0.3 is 14.6 Å². The Balaban J connectivity index is 2.01. The molecule has 1 heterocycles. The summed E-state index contributed by atoms with van der Waals surface area (Å²) in [6.45, 7) is 0.796. The van der Waals surface area contributed by atoms with E-state index in [1.165, 1.54) is 18.9 Å². The second-order valence-electron chi connectivity index (χ2n) is 5.93. The molecule has 6 nitrogen and oxygen atoms in total. The molecule has 29 heavy (non-hydrogen) atoms. The quantitative estimate of drug-likeness (QED) is 0.510. The Hall–Kier alpha value is -1.81. The van der Waals surface area contributed by atoms with Gasteiger partial charge >= 0.3 is 0 Å². The molecule has 0 unspecified atom stereocenters. The van der Waals surface area contributed by atoms with Crippen molar-refractivity contribution in [1.82, 2.24) is 4.90 Å². The van der Waals surface area contributed by atoms with Gasteiger partial charge in [0.15, 0.2) is 16.7 Å². The van der Waals surface area contributed by atoms with Gasteiger partial charge in [-0.2, -0.15) is 0 Å². The van der Waals surface area contributed by atoms with Crippen LogP contribution in [0.15, 0.2) is 55.2 Å². The predicted molar refractivity (Wildman–Crippen MR) is 123 cm³/mol. The Morgan fingerprint density at radius 3 is 2.59 bits per heavy atom. The third kappa shape index (κ3) is 4.85. The third-order valence-corrected chi connectivity index (χ3v) is 7.23. The van der Waals surface area contributed by atoms with Gasteiger partial charge in [-0.15, -0.1) is 0 Å². The third-order valence-electron chi connectivity index (χ3n) is 4.07. The molecule has 0 aliphatic carbocycles. The van der Waals surface area contributed by atoms with Crippen molar-refractivity contribution >= 4 is 66.5 Å². The van der Waals surface area contributed by atoms with Crippen LogP contribution < -0.4 is 4.74 Å². The fourth-order valence-corrected chi connectivity index (χ4v) is 4.45. The molecule has 1 N–H and O–H groups in total. The molecule has 0 bridgehead atoms. The number of phenols is 1. The summed E-state index contributed by atoms with van der Waals surface area (Å²) < 4.78 is 11.4. The first-order chi connectivity index (χ1) is 14.0. The van der Waals surface area contributed by atoms with Crippen LogP contribution in [0.4, 0.5) is 5.69 Å². The zero-order valence-electron chi connectivity index (χ0n) is 15.7. The number of aromatic hydroxyl groups is 1. The molecule has 3 rings (SSSR count). The topological polar surface area (TPSA) is 71.4 Å². The fraction of sp³-hybridized carbons (Fsp3) is 0.200. The van der Waals surface area contributed by atoms with Gasteiger partial charge in [0.1, 0.15) is 0 Å². The summed E-state index contributed by atoms with van der Waals surface area (Å²) in [6, 6.07) is 11.1. The van der Waals surface area contributed by atoms with Crippen LogP contribution in [0.5, 0.6) is 11.5 Å². The normalized spacial score (nSPS) is 16.8. The lowest BCUT2D eigenvalue weighted by Crippen LogP contribution is -2.32. The number of halogens is 2. The van der Waals surface area contributed by atoms with Crippen LogP contribution in [0.1, 0.15) is 5.56 Å². The molecule has 1 saturated heterocycles. The second-order valence-corrected chi connectivity index (χ2v) is 8.53. The molecule has 1 aliphatic rings. The highest BCUT2D eigenvalue weighted by molar-refractivity contribution is 9.13. The Labute approximate surface area is 189 Å². The van der Waals surface area contributed by atoms with E-state index in [9.17, 15) is 9.90 Å². The maximum atomic E-state index is 13.0. The molecule has 0 atom stereocenters. The number of methoxy groups -OCH3 is 2. The average Bonchev–Trinajstić information content (AvgIpc) is 3.01. The molecule has 9 heteroatoms. The number of nitrogens with zero attached hydrogens (tertiary/aromatic N) is 2. The van der Waals surface area contributed by atoms with Gasteiger partial charge in [0, 0.05) is 11.6 Å². The lowest BCUT2D eigenvalue weighted by atomic mass is 10.2. The summed E-state index contributed by atoms with van der Waals surface area (Å²) >= 11 is 8.09. The molecule has 152 valence electrons. The standard InChI is InChI=1S/C20H18Br2N2O4S/c1-27-9-8-24-19(26)15(29-20(24)23-13-6-4-3-5-7-13)11-12-10-14(28-2)18(25)17(22)16(12)21/h3-7,10-11,25H,8-9H2,1-2H3/b15-11+,23-20?. The first kappa shape index (κ1) is 21.9. The van der Waals surface area contributed by atoms with Crippen molar-refractivity contribution in [2.24, 2.45) is 4.99 Å². The van der Waals surface area contributed by atoms with E-state index in [0.717, 1.165) is 5.69 Å². The Morgan fingerprint density at radius 2 is 1.93 bits per heavy atom. The van der Waals surface area contributed by atoms with Gasteiger partial charge in [0.2, 0.25) is 0 Å². The molecule has 0 radical (unpaired) electrons. The summed E-state index contributed by atoms with van der Waals surface area (Å²) in [5, 5.41) is 10.7. The van der Waals surface area contributed by atoms with E-state index in [1.807, 2.05) is 30.3 Å². The Morgan fingerprint density at radius 1 is 1.21 bits per heavy atom. The lowest BCUT2D eigenvalue weighted by Gasteiger charge is -2.14. The molecule has 2 aromatic rings. The van der Waals surface area contributed by atoms with Crippen LogP contribution in [0.2, 0.25) is 0 Å². The SMILES string of the molecule is COCCN1C(=O)/C(=C\c2cc(OC)c(O)c(Br)c2Br)SC1=Nc1ccccc1. The number of carbonyl (C=O) groups excluding carboxylic acids is 1. The molecular weight excluding hydrogens is 524 g/mol. The molecular formula is C20H18Br2N2O4S. The second kappa shape index (κ2) is 9.80. The van der Waals surface area contributed by atoms with Crippen molar-refractivity contribution in [2.75, 3.05) is 27.4 Å². The van der Waals surface area contributed by atoms with E-state index in [-0.39, 0.29) is 11.7 Å². The number of amides is 1. The number of benzene rings is 2. The van der Waals surface area contributed by atoms with Gasteiger partial charge in [0.25, 0.3) is 5.91 Å². The molecule has 1 fully saturated rings. The molecule has 0 spiro atoms. The number of aliphatic imine (C=N–C) groups is 1. The monoisotopic (exact) mass is 540 g/mol. The van der Waals surface area contributed by atoms with Crippen LogP contribution in [0.25, 0.3) is 6.08 Å². The minimum Gasteiger partial charge on any atom is -0.503 e. The lowest BCUT2D eigenvalue weighted by molar-refractivity contribution is -0.122. The van der Waals surface area contributed by atoms with Gasteiger partial charge in [-0.05, 0) is 73.5 Å². The summed E-state index contributed by atoms with van der Waals surface area (Å²) in [5.74, 6) is 0.133. The van der Waals surface area contributed by atoms with E-state index >= 15 is 0 Å². The average molecular weight is 542 g/mol. The zero-order chi connectivity index (χ0) is 21.0. The first-order valence-electron chi connectivity index (χ1n) is 8.55. The van der Waals surface area contributed by atoms with Crippen LogP contribution in [-0.4, -0.2) is 48.5 Å². The van der Waals surface area contributed by atoms with Crippen molar-refractivity contribution in [2.45, 2.75) is 0 Å². The maximum Gasteiger partial charge on any atom is 0.266 e.